The molecule has 1 aromatic carbocycles. The van der Waals surface area contributed by atoms with E-state index in [2.05, 4.69) is 0 Å². The monoisotopic (exact) mass is 198 g/mol. The highest BCUT2D eigenvalue weighted by molar-refractivity contribution is 5.74. The van der Waals surface area contributed by atoms with Gasteiger partial charge in [0.25, 0.3) is 0 Å². The van der Waals surface area contributed by atoms with Crippen LogP contribution in [0.4, 0.5) is 10.1 Å². The van der Waals surface area contributed by atoms with Crippen molar-refractivity contribution in [3.8, 4) is 0 Å². The number of carbonyl (C=O) groups is 1. The molecular weight excluding hydrogens is 187 g/mol. The summed E-state index contributed by atoms with van der Waals surface area (Å²) in [6.07, 6.45) is 0.0267. The second-order valence-corrected chi connectivity index (χ2v) is 2.99. The van der Waals surface area contributed by atoms with Crippen molar-refractivity contribution in [2.24, 2.45) is 5.73 Å². The van der Waals surface area contributed by atoms with E-state index < -0.39 is 17.8 Å². The minimum Gasteiger partial charge on any atom is -0.480 e. The Morgan fingerprint density at radius 1 is 1.57 bits per heavy atom. The van der Waals surface area contributed by atoms with E-state index in [4.69, 9.17) is 16.6 Å². The number of nitrogen functional groups attached to an aromatic ring is 1. The Labute approximate surface area is 80.3 Å². The van der Waals surface area contributed by atoms with Crippen LogP contribution in [-0.2, 0) is 11.2 Å². The number of rotatable bonds is 3. The van der Waals surface area contributed by atoms with Gasteiger partial charge in [0, 0.05) is 12.1 Å². The average Bonchev–Trinajstić information content (AvgIpc) is 2.11. The molecule has 0 spiro atoms. The van der Waals surface area contributed by atoms with Gasteiger partial charge in [-0.25, -0.2) is 4.39 Å². The predicted molar refractivity (Wildman–Crippen MR) is 50.1 cm³/mol. The molecule has 0 aromatic heterocycles. The number of hydrogen-bond donors (Lipinski definition) is 3. The summed E-state index contributed by atoms with van der Waals surface area (Å²) in [5, 5.41) is 8.54. The molecule has 0 aliphatic rings. The van der Waals surface area contributed by atoms with Gasteiger partial charge in [-0.2, -0.15) is 0 Å². The SMILES string of the molecule is Nc1ccc(F)cc1C[C@@H](N)C(=O)O. The number of carboxylic acids is 1. The van der Waals surface area contributed by atoms with Gasteiger partial charge in [0.1, 0.15) is 11.9 Å². The average molecular weight is 198 g/mol. The Hall–Kier alpha value is -1.62. The summed E-state index contributed by atoms with van der Waals surface area (Å²) in [5.74, 6) is -1.58. The zero-order valence-electron chi connectivity index (χ0n) is 7.40. The van der Waals surface area contributed by atoms with Gasteiger partial charge in [0.05, 0.1) is 0 Å². The van der Waals surface area contributed by atoms with Crippen LogP contribution >= 0.6 is 0 Å². The van der Waals surface area contributed by atoms with Crippen LogP contribution in [-0.4, -0.2) is 17.1 Å². The van der Waals surface area contributed by atoms with Gasteiger partial charge in [0.15, 0.2) is 0 Å². The standard InChI is InChI=1S/C9H11FN2O2/c10-6-1-2-7(11)5(3-6)4-8(12)9(13)14/h1-3,8H,4,11-12H2,(H,13,14)/t8-/m1/s1. The van der Waals surface area contributed by atoms with Crippen LogP contribution in [0.2, 0.25) is 0 Å². The normalized spacial score (nSPS) is 12.4. The molecule has 14 heavy (non-hydrogen) atoms. The van der Waals surface area contributed by atoms with Crippen LogP contribution in [0.3, 0.4) is 0 Å². The fraction of sp³-hybridized carbons (Fsp3) is 0.222. The number of aliphatic carboxylic acids is 1. The minimum absolute atomic E-state index is 0.0267. The molecule has 1 atom stereocenters. The van der Waals surface area contributed by atoms with E-state index in [1.54, 1.807) is 0 Å². The van der Waals surface area contributed by atoms with Gasteiger partial charge in [-0.15, -0.1) is 0 Å². The number of halogens is 1. The van der Waals surface area contributed by atoms with E-state index in [1.807, 2.05) is 0 Å². The first-order valence-electron chi connectivity index (χ1n) is 4.03. The van der Waals surface area contributed by atoms with E-state index in [0.717, 1.165) is 0 Å². The molecule has 0 saturated carbocycles. The molecule has 0 aliphatic heterocycles. The first kappa shape index (κ1) is 10.5. The highest BCUT2D eigenvalue weighted by Crippen LogP contribution is 2.14. The molecule has 0 radical (unpaired) electrons. The lowest BCUT2D eigenvalue weighted by Gasteiger charge is -2.08. The van der Waals surface area contributed by atoms with Crippen LogP contribution in [0.1, 0.15) is 5.56 Å². The Morgan fingerprint density at radius 3 is 2.79 bits per heavy atom. The largest absolute Gasteiger partial charge is 0.480 e. The third kappa shape index (κ3) is 2.43. The number of hydrogen-bond acceptors (Lipinski definition) is 3. The lowest BCUT2D eigenvalue weighted by atomic mass is 10.0. The van der Waals surface area contributed by atoms with Crippen LogP contribution in [0.15, 0.2) is 18.2 Å². The van der Waals surface area contributed by atoms with Crippen molar-refractivity contribution in [2.45, 2.75) is 12.5 Å². The highest BCUT2D eigenvalue weighted by Gasteiger charge is 2.13. The summed E-state index contributed by atoms with van der Waals surface area (Å²) in [5.41, 5.74) is 11.6. The molecule has 0 saturated heterocycles. The highest BCUT2D eigenvalue weighted by atomic mass is 19.1. The molecule has 0 heterocycles. The first-order valence-corrected chi connectivity index (χ1v) is 4.03. The van der Waals surface area contributed by atoms with Crippen molar-refractivity contribution in [3.05, 3.63) is 29.6 Å². The fourth-order valence-corrected chi connectivity index (χ4v) is 1.08. The zero-order chi connectivity index (χ0) is 10.7. The molecule has 0 fully saturated rings. The quantitative estimate of drug-likeness (QED) is 0.612. The molecule has 1 rings (SSSR count). The summed E-state index contributed by atoms with van der Waals surface area (Å²) in [4.78, 5) is 10.4. The Morgan fingerprint density at radius 2 is 2.21 bits per heavy atom. The van der Waals surface area contributed by atoms with Crippen LogP contribution in [0.5, 0.6) is 0 Å². The van der Waals surface area contributed by atoms with Gasteiger partial charge in [0.2, 0.25) is 0 Å². The van der Waals surface area contributed by atoms with Gasteiger partial charge in [-0.3, -0.25) is 4.79 Å². The van der Waals surface area contributed by atoms with E-state index in [9.17, 15) is 9.18 Å². The number of anilines is 1. The van der Waals surface area contributed by atoms with Crippen LogP contribution in [0, 0.1) is 5.82 Å². The van der Waals surface area contributed by atoms with Crippen molar-refractivity contribution in [1.82, 2.24) is 0 Å². The Balaban J connectivity index is 2.85. The smallest absolute Gasteiger partial charge is 0.320 e. The second kappa shape index (κ2) is 4.06. The van der Waals surface area contributed by atoms with Gasteiger partial charge in [-0.05, 0) is 23.8 Å². The van der Waals surface area contributed by atoms with Gasteiger partial charge < -0.3 is 16.6 Å². The van der Waals surface area contributed by atoms with Crippen molar-refractivity contribution < 1.29 is 14.3 Å². The lowest BCUT2D eigenvalue weighted by Crippen LogP contribution is -2.32. The maximum atomic E-state index is 12.8. The Bertz CT molecular complexity index is 355. The molecule has 76 valence electrons. The third-order valence-electron chi connectivity index (χ3n) is 1.86. The van der Waals surface area contributed by atoms with Crippen LogP contribution in [0.25, 0.3) is 0 Å². The topological polar surface area (TPSA) is 89.3 Å². The maximum Gasteiger partial charge on any atom is 0.320 e. The first-order chi connectivity index (χ1) is 6.50. The fourth-order valence-electron chi connectivity index (χ4n) is 1.08. The molecule has 0 aliphatic carbocycles. The molecule has 0 unspecified atom stereocenters. The summed E-state index contributed by atoms with van der Waals surface area (Å²) >= 11 is 0. The van der Waals surface area contributed by atoms with Crippen molar-refractivity contribution in [3.63, 3.8) is 0 Å². The maximum absolute atomic E-state index is 12.8. The van der Waals surface area contributed by atoms with E-state index >= 15 is 0 Å². The van der Waals surface area contributed by atoms with Crippen molar-refractivity contribution in [1.29, 1.82) is 0 Å². The van der Waals surface area contributed by atoms with Crippen LogP contribution < -0.4 is 11.5 Å². The van der Waals surface area contributed by atoms with E-state index in [0.29, 0.717) is 11.3 Å². The molecule has 0 amide bonds. The van der Waals surface area contributed by atoms with Gasteiger partial charge in [-0.1, -0.05) is 0 Å². The summed E-state index contributed by atoms with van der Waals surface area (Å²) in [6, 6.07) is 2.74. The molecule has 1 aromatic rings. The zero-order valence-corrected chi connectivity index (χ0v) is 7.40. The lowest BCUT2D eigenvalue weighted by molar-refractivity contribution is -0.138. The second-order valence-electron chi connectivity index (χ2n) is 2.99. The predicted octanol–water partition coefficient (Wildman–Crippen LogP) is 0.362. The molecular formula is C9H11FN2O2. The van der Waals surface area contributed by atoms with E-state index in [1.165, 1.54) is 18.2 Å². The molecule has 0 bridgehead atoms. The summed E-state index contributed by atoms with van der Waals surface area (Å²) < 4.78 is 12.8. The Kier molecular flexibility index (Phi) is 3.03. The third-order valence-corrected chi connectivity index (χ3v) is 1.86. The molecule has 5 heteroatoms. The number of carboxylic acid groups (broad SMARTS) is 1. The van der Waals surface area contributed by atoms with E-state index in [-0.39, 0.29) is 6.42 Å². The summed E-state index contributed by atoms with van der Waals surface area (Å²) in [6.45, 7) is 0. The number of nitrogens with two attached hydrogens (primary N) is 2. The van der Waals surface area contributed by atoms with Gasteiger partial charge >= 0.3 is 5.97 Å². The molecule has 5 N–H and O–H groups in total. The number of benzene rings is 1. The van der Waals surface area contributed by atoms with Crippen molar-refractivity contribution in [2.75, 3.05) is 5.73 Å². The minimum atomic E-state index is -1.13. The molecule has 4 nitrogen and oxygen atoms in total. The summed E-state index contributed by atoms with van der Waals surface area (Å²) in [7, 11) is 0. The van der Waals surface area contributed by atoms with Crippen molar-refractivity contribution >= 4 is 11.7 Å².